The van der Waals surface area contributed by atoms with Crippen molar-refractivity contribution in [1.82, 2.24) is 0 Å². The predicted molar refractivity (Wildman–Crippen MR) is 63.1 cm³/mol. The summed E-state index contributed by atoms with van der Waals surface area (Å²) in [6.45, 7) is 2.09. The Morgan fingerprint density at radius 2 is 2.21 bits per heavy atom. The summed E-state index contributed by atoms with van der Waals surface area (Å²) in [5, 5.41) is 12.0. The van der Waals surface area contributed by atoms with Gasteiger partial charge in [0.05, 0.1) is 5.56 Å². The van der Waals surface area contributed by atoms with Crippen molar-refractivity contribution in [2.24, 2.45) is 0 Å². The van der Waals surface area contributed by atoms with Crippen LogP contribution in [0.5, 0.6) is 0 Å². The van der Waals surface area contributed by atoms with E-state index in [1.54, 1.807) is 23.1 Å². The van der Waals surface area contributed by atoms with E-state index in [1.807, 2.05) is 5.38 Å². The lowest BCUT2D eigenvalue weighted by Crippen LogP contribution is -1.81. The van der Waals surface area contributed by atoms with Crippen molar-refractivity contribution in [3.8, 4) is 6.07 Å². The predicted octanol–water partition coefficient (Wildman–Crippen LogP) is 3.80. The van der Waals surface area contributed by atoms with Gasteiger partial charge in [-0.05, 0) is 30.9 Å². The van der Waals surface area contributed by atoms with Crippen LogP contribution in [-0.2, 0) is 0 Å². The zero-order valence-corrected chi connectivity index (χ0v) is 9.63. The van der Waals surface area contributed by atoms with Crippen molar-refractivity contribution in [1.29, 1.82) is 5.26 Å². The third kappa shape index (κ3) is 1.31. The Balaban J connectivity index is 2.85. The molecule has 1 aromatic heterocycles. The monoisotopic (exact) mass is 219 g/mol. The molecule has 1 nitrogen and oxygen atoms in total. The van der Waals surface area contributed by atoms with Crippen LogP contribution in [0.4, 0.5) is 0 Å². The second-order valence-corrected chi connectivity index (χ2v) is 4.79. The van der Waals surface area contributed by atoms with E-state index in [4.69, 9.17) is 5.26 Å². The van der Waals surface area contributed by atoms with Gasteiger partial charge in [0, 0.05) is 20.4 Å². The molecule has 0 atom stereocenters. The summed E-state index contributed by atoms with van der Waals surface area (Å²) in [5.41, 5.74) is 2.03. The van der Waals surface area contributed by atoms with Crippen molar-refractivity contribution in [3.05, 3.63) is 28.6 Å². The first-order chi connectivity index (χ1) is 6.77. The molecule has 2 rings (SSSR count). The summed E-state index contributed by atoms with van der Waals surface area (Å²) >= 11 is 3.37. The summed E-state index contributed by atoms with van der Waals surface area (Å²) < 4.78 is 1.21. The average molecular weight is 219 g/mol. The maximum Gasteiger partial charge on any atom is 0.101 e. The minimum atomic E-state index is 0.804. The number of thioether (sulfide) groups is 1. The molecule has 1 aromatic carbocycles. The van der Waals surface area contributed by atoms with E-state index in [1.165, 1.54) is 15.2 Å². The molecule has 1 heterocycles. The lowest BCUT2D eigenvalue weighted by molar-refractivity contribution is 1.35. The first-order valence-corrected chi connectivity index (χ1v) is 6.33. The Bertz CT molecular complexity index is 520. The van der Waals surface area contributed by atoms with Crippen molar-refractivity contribution < 1.29 is 0 Å². The first-order valence-electron chi connectivity index (χ1n) is 4.23. The molecule has 0 unspecified atom stereocenters. The molecule has 14 heavy (non-hydrogen) atoms. The maximum atomic E-state index is 8.96. The summed E-state index contributed by atoms with van der Waals surface area (Å²) in [7, 11) is 0. The van der Waals surface area contributed by atoms with E-state index in [0.29, 0.717) is 0 Å². The van der Waals surface area contributed by atoms with Gasteiger partial charge in [-0.1, -0.05) is 0 Å². The van der Waals surface area contributed by atoms with Crippen LogP contribution in [0.15, 0.2) is 22.4 Å². The van der Waals surface area contributed by atoms with E-state index in [2.05, 4.69) is 31.4 Å². The minimum absolute atomic E-state index is 0.804. The van der Waals surface area contributed by atoms with Gasteiger partial charge >= 0.3 is 0 Å². The Kier molecular flexibility index (Phi) is 2.49. The van der Waals surface area contributed by atoms with Crippen LogP contribution in [0, 0.1) is 18.3 Å². The molecule has 0 radical (unpaired) electrons. The van der Waals surface area contributed by atoms with Crippen molar-refractivity contribution in [2.45, 2.75) is 11.8 Å². The van der Waals surface area contributed by atoms with Gasteiger partial charge in [0.2, 0.25) is 0 Å². The van der Waals surface area contributed by atoms with Gasteiger partial charge in [0.25, 0.3) is 0 Å². The molecule has 0 aliphatic heterocycles. The maximum absolute atomic E-state index is 8.96. The van der Waals surface area contributed by atoms with Gasteiger partial charge < -0.3 is 0 Å². The van der Waals surface area contributed by atoms with Gasteiger partial charge in [-0.15, -0.1) is 23.1 Å². The smallest absolute Gasteiger partial charge is 0.101 e. The largest absolute Gasteiger partial charge is 0.192 e. The number of hydrogen-bond donors (Lipinski definition) is 0. The quantitative estimate of drug-likeness (QED) is 0.681. The number of aryl methyl sites for hydroxylation is 1. The zero-order chi connectivity index (χ0) is 10.1. The van der Waals surface area contributed by atoms with Crippen LogP contribution in [0.2, 0.25) is 0 Å². The van der Waals surface area contributed by atoms with Crippen LogP contribution < -0.4 is 0 Å². The van der Waals surface area contributed by atoms with Crippen molar-refractivity contribution >= 4 is 33.2 Å². The number of hydrogen-bond acceptors (Lipinski definition) is 3. The Labute approximate surface area is 91.4 Å². The van der Waals surface area contributed by atoms with Gasteiger partial charge in [0.15, 0.2) is 0 Å². The second kappa shape index (κ2) is 3.64. The molecule has 0 aliphatic rings. The summed E-state index contributed by atoms with van der Waals surface area (Å²) in [5.74, 6) is 0. The first kappa shape index (κ1) is 9.57. The van der Waals surface area contributed by atoms with Crippen LogP contribution in [0.25, 0.3) is 10.1 Å². The van der Waals surface area contributed by atoms with E-state index in [0.717, 1.165) is 10.9 Å². The standard InChI is InChI=1S/C11H9NS2/c1-7-9(13-2)3-4-10-11(7)8(5-12)6-14-10/h3-4,6H,1-2H3. The molecule has 0 fully saturated rings. The number of nitrogens with zero attached hydrogens (tertiary/aromatic N) is 1. The van der Waals surface area contributed by atoms with E-state index >= 15 is 0 Å². The second-order valence-electron chi connectivity index (χ2n) is 3.03. The zero-order valence-electron chi connectivity index (χ0n) is 8.00. The normalized spacial score (nSPS) is 10.4. The molecule has 0 amide bonds. The van der Waals surface area contributed by atoms with Gasteiger partial charge in [0.1, 0.15) is 6.07 Å². The third-order valence-corrected chi connectivity index (χ3v) is 4.12. The molecule has 0 bridgehead atoms. The highest BCUT2D eigenvalue weighted by molar-refractivity contribution is 7.98. The SMILES string of the molecule is CSc1ccc2scc(C#N)c2c1C. The average Bonchev–Trinajstić information content (AvgIpc) is 2.62. The summed E-state index contributed by atoms with van der Waals surface area (Å²) in [6, 6.07) is 6.47. The highest BCUT2D eigenvalue weighted by Crippen LogP contribution is 2.33. The lowest BCUT2D eigenvalue weighted by Gasteiger charge is -2.03. The third-order valence-electron chi connectivity index (χ3n) is 2.29. The lowest BCUT2D eigenvalue weighted by atomic mass is 10.1. The molecule has 0 saturated heterocycles. The van der Waals surface area contributed by atoms with E-state index < -0.39 is 0 Å². The molecule has 0 spiro atoms. The molecule has 0 aliphatic carbocycles. The van der Waals surface area contributed by atoms with Crippen LogP contribution in [-0.4, -0.2) is 6.26 Å². The van der Waals surface area contributed by atoms with Crippen molar-refractivity contribution in [3.63, 3.8) is 0 Å². The number of nitriles is 1. The van der Waals surface area contributed by atoms with Gasteiger partial charge in [-0.2, -0.15) is 5.26 Å². The highest BCUT2D eigenvalue weighted by atomic mass is 32.2. The van der Waals surface area contributed by atoms with Crippen LogP contribution in [0.1, 0.15) is 11.1 Å². The number of fused-ring (bicyclic) bond motifs is 1. The topological polar surface area (TPSA) is 23.8 Å². The van der Waals surface area contributed by atoms with E-state index in [9.17, 15) is 0 Å². The Morgan fingerprint density at radius 1 is 1.43 bits per heavy atom. The van der Waals surface area contributed by atoms with Crippen LogP contribution >= 0.6 is 23.1 Å². The molecule has 3 heteroatoms. The minimum Gasteiger partial charge on any atom is -0.192 e. The number of thiophene rings is 1. The summed E-state index contributed by atoms with van der Waals surface area (Å²) in [6.07, 6.45) is 2.06. The Morgan fingerprint density at radius 3 is 2.86 bits per heavy atom. The Hall–Kier alpha value is -0.980. The van der Waals surface area contributed by atoms with Gasteiger partial charge in [-0.25, -0.2) is 0 Å². The molecule has 0 N–H and O–H groups in total. The highest BCUT2D eigenvalue weighted by Gasteiger charge is 2.08. The molecule has 70 valence electrons. The molecule has 0 saturated carbocycles. The molecular weight excluding hydrogens is 210 g/mol. The fourth-order valence-electron chi connectivity index (χ4n) is 1.59. The van der Waals surface area contributed by atoms with Crippen molar-refractivity contribution in [2.75, 3.05) is 6.26 Å². The van der Waals surface area contributed by atoms with Gasteiger partial charge in [-0.3, -0.25) is 0 Å². The molecule has 2 aromatic rings. The fraction of sp³-hybridized carbons (Fsp3) is 0.182. The number of rotatable bonds is 1. The fourth-order valence-corrected chi connectivity index (χ4v) is 3.14. The summed E-state index contributed by atoms with van der Waals surface area (Å²) in [4.78, 5) is 1.26. The van der Waals surface area contributed by atoms with E-state index in [-0.39, 0.29) is 0 Å². The van der Waals surface area contributed by atoms with Crippen LogP contribution in [0.3, 0.4) is 0 Å². The number of benzene rings is 1. The molecular formula is C11H9NS2.